The van der Waals surface area contributed by atoms with Gasteiger partial charge in [-0.25, -0.2) is 0 Å². The maximum Gasteiger partial charge on any atom is 0.254 e. The number of hydrogen-bond acceptors (Lipinski definition) is 3. The van der Waals surface area contributed by atoms with E-state index in [2.05, 4.69) is 10.3 Å². The summed E-state index contributed by atoms with van der Waals surface area (Å²) in [5, 5.41) is 12.5. The van der Waals surface area contributed by atoms with Crippen LogP contribution in [0.4, 0.5) is 0 Å². The molecule has 1 aromatic heterocycles. The molecule has 4 nitrogen and oxygen atoms in total. The van der Waals surface area contributed by atoms with Crippen molar-refractivity contribution >= 4 is 29.1 Å². The summed E-state index contributed by atoms with van der Waals surface area (Å²) >= 11 is 12.1. The number of carbonyl (C=O) groups excluding carboxylic acids is 1. The van der Waals surface area contributed by atoms with Crippen LogP contribution in [0.1, 0.15) is 34.1 Å². The van der Waals surface area contributed by atoms with Gasteiger partial charge in [0, 0.05) is 12.8 Å². The number of halogens is 2. The highest BCUT2D eigenvalue weighted by atomic mass is 35.5. The van der Waals surface area contributed by atoms with Crippen molar-refractivity contribution in [3.05, 3.63) is 63.4 Å². The molecule has 0 aliphatic rings. The van der Waals surface area contributed by atoms with Crippen LogP contribution in [-0.2, 0) is 0 Å². The van der Waals surface area contributed by atoms with E-state index in [4.69, 9.17) is 23.2 Å². The molecule has 0 aliphatic carbocycles. The average Bonchev–Trinajstić information content (AvgIpc) is 2.53. The fourth-order valence-corrected chi connectivity index (χ4v) is 2.50. The Hall–Kier alpha value is -1.62. The van der Waals surface area contributed by atoms with Gasteiger partial charge in [0.25, 0.3) is 5.91 Å². The van der Waals surface area contributed by atoms with E-state index in [9.17, 15) is 9.90 Å². The maximum atomic E-state index is 12.4. The first-order valence-corrected chi connectivity index (χ1v) is 7.57. The Morgan fingerprint density at radius 2 is 1.95 bits per heavy atom. The SMILES string of the molecule is Cc1ncc(C(=O)NC(CCO)c2ccccc2)c(Cl)c1Cl. The standard InChI is InChI=1S/C16H16Cl2N2O2/c1-10-14(17)15(18)12(9-19-10)16(22)20-13(7-8-21)11-5-3-2-4-6-11/h2-6,9,13,21H,7-8H2,1H3,(H,20,22). The number of aliphatic hydroxyl groups is 1. The smallest absolute Gasteiger partial charge is 0.254 e. The lowest BCUT2D eigenvalue weighted by atomic mass is 10.0. The van der Waals surface area contributed by atoms with Crippen LogP contribution in [0.2, 0.25) is 10.0 Å². The highest BCUT2D eigenvalue weighted by Crippen LogP contribution is 2.28. The normalized spacial score (nSPS) is 12.0. The predicted octanol–water partition coefficient (Wildman–Crippen LogP) is 3.55. The van der Waals surface area contributed by atoms with Gasteiger partial charge in [0.05, 0.1) is 27.3 Å². The van der Waals surface area contributed by atoms with Gasteiger partial charge in [0.2, 0.25) is 0 Å². The fourth-order valence-electron chi connectivity index (χ4n) is 2.08. The molecular formula is C16H16Cl2N2O2. The third kappa shape index (κ3) is 3.77. The van der Waals surface area contributed by atoms with E-state index in [0.29, 0.717) is 12.1 Å². The Kier molecular flexibility index (Phi) is 5.77. The molecule has 6 heteroatoms. The zero-order valence-corrected chi connectivity index (χ0v) is 13.5. The molecule has 2 aromatic rings. The number of nitrogens with one attached hydrogen (secondary N) is 1. The second-order valence-corrected chi connectivity index (χ2v) is 5.59. The summed E-state index contributed by atoms with van der Waals surface area (Å²) in [6.45, 7) is 1.68. The molecule has 0 radical (unpaired) electrons. The first-order chi connectivity index (χ1) is 10.5. The summed E-state index contributed by atoms with van der Waals surface area (Å²) in [5.74, 6) is -0.373. The molecule has 0 aliphatic heterocycles. The molecule has 1 unspecified atom stereocenters. The van der Waals surface area contributed by atoms with Gasteiger partial charge >= 0.3 is 0 Å². The van der Waals surface area contributed by atoms with Gasteiger partial charge in [-0.3, -0.25) is 9.78 Å². The summed E-state index contributed by atoms with van der Waals surface area (Å²) in [5.41, 5.74) is 1.70. The van der Waals surface area contributed by atoms with Crippen molar-refractivity contribution in [2.45, 2.75) is 19.4 Å². The van der Waals surface area contributed by atoms with E-state index < -0.39 is 0 Å². The van der Waals surface area contributed by atoms with E-state index >= 15 is 0 Å². The number of hydrogen-bond donors (Lipinski definition) is 2. The molecular weight excluding hydrogens is 323 g/mol. The molecule has 0 saturated heterocycles. The summed E-state index contributed by atoms with van der Waals surface area (Å²) in [7, 11) is 0. The minimum atomic E-state index is -0.373. The number of aryl methyl sites for hydroxylation is 1. The first kappa shape index (κ1) is 16.7. The van der Waals surface area contributed by atoms with Crippen LogP contribution in [0.5, 0.6) is 0 Å². The van der Waals surface area contributed by atoms with Crippen molar-refractivity contribution in [3.8, 4) is 0 Å². The van der Waals surface area contributed by atoms with Gasteiger partial charge in [-0.15, -0.1) is 0 Å². The zero-order chi connectivity index (χ0) is 16.1. The van der Waals surface area contributed by atoms with E-state index in [1.807, 2.05) is 30.3 Å². The number of rotatable bonds is 5. The van der Waals surface area contributed by atoms with Gasteiger partial charge in [0.15, 0.2) is 0 Å². The Balaban J connectivity index is 2.24. The second-order valence-electron chi connectivity index (χ2n) is 4.83. The fraction of sp³-hybridized carbons (Fsp3) is 0.250. The molecule has 22 heavy (non-hydrogen) atoms. The molecule has 2 rings (SSSR count). The predicted molar refractivity (Wildman–Crippen MR) is 87.3 cm³/mol. The Bertz CT molecular complexity index is 663. The van der Waals surface area contributed by atoms with Crippen LogP contribution < -0.4 is 5.32 Å². The number of amides is 1. The first-order valence-electron chi connectivity index (χ1n) is 6.82. The Labute approximate surface area is 139 Å². The van der Waals surface area contributed by atoms with Crippen molar-refractivity contribution < 1.29 is 9.90 Å². The van der Waals surface area contributed by atoms with E-state index in [-0.39, 0.29) is 34.2 Å². The molecule has 0 bridgehead atoms. The second kappa shape index (κ2) is 7.58. The van der Waals surface area contributed by atoms with E-state index in [0.717, 1.165) is 5.56 Å². The summed E-state index contributed by atoms with van der Waals surface area (Å²) in [6.07, 6.45) is 1.81. The molecule has 1 aromatic carbocycles. The van der Waals surface area contributed by atoms with Gasteiger partial charge in [-0.2, -0.15) is 0 Å². The van der Waals surface area contributed by atoms with E-state index in [1.54, 1.807) is 6.92 Å². The van der Waals surface area contributed by atoms with Crippen molar-refractivity contribution in [2.24, 2.45) is 0 Å². The number of nitrogens with zero attached hydrogens (tertiary/aromatic N) is 1. The van der Waals surface area contributed by atoms with Crippen molar-refractivity contribution in [3.63, 3.8) is 0 Å². The largest absolute Gasteiger partial charge is 0.396 e. The molecule has 0 fully saturated rings. The molecule has 0 saturated carbocycles. The van der Waals surface area contributed by atoms with Crippen LogP contribution in [0.15, 0.2) is 36.5 Å². The van der Waals surface area contributed by atoms with Crippen LogP contribution >= 0.6 is 23.2 Å². The van der Waals surface area contributed by atoms with Gasteiger partial charge in [-0.1, -0.05) is 53.5 Å². The molecule has 1 heterocycles. The van der Waals surface area contributed by atoms with E-state index in [1.165, 1.54) is 6.20 Å². The minimum Gasteiger partial charge on any atom is -0.396 e. The van der Waals surface area contributed by atoms with Crippen LogP contribution in [0, 0.1) is 6.92 Å². The lowest BCUT2D eigenvalue weighted by molar-refractivity contribution is 0.0929. The number of carbonyl (C=O) groups is 1. The summed E-state index contributed by atoms with van der Waals surface area (Å²) in [4.78, 5) is 16.5. The Morgan fingerprint density at radius 1 is 1.27 bits per heavy atom. The molecule has 1 amide bonds. The lowest BCUT2D eigenvalue weighted by Gasteiger charge is -2.19. The number of aliphatic hydroxyl groups excluding tert-OH is 1. The molecule has 0 spiro atoms. The summed E-state index contributed by atoms with van der Waals surface area (Å²) < 4.78 is 0. The molecule has 2 N–H and O–H groups in total. The third-order valence-corrected chi connectivity index (χ3v) is 4.26. The topological polar surface area (TPSA) is 62.2 Å². The van der Waals surface area contributed by atoms with Gasteiger partial charge in [-0.05, 0) is 18.9 Å². The number of benzene rings is 1. The van der Waals surface area contributed by atoms with Gasteiger partial charge < -0.3 is 10.4 Å². The highest BCUT2D eigenvalue weighted by molar-refractivity contribution is 6.44. The maximum absolute atomic E-state index is 12.4. The number of pyridine rings is 1. The van der Waals surface area contributed by atoms with Crippen LogP contribution in [0.3, 0.4) is 0 Å². The van der Waals surface area contributed by atoms with Crippen LogP contribution in [-0.4, -0.2) is 22.6 Å². The lowest BCUT2D eigenvalue weighted by Crippen LogP contribution is -2.29. The van der Waals surface area contributed by atoms with Crippen LogP contribution in [0.25, 0.3) is 0 Å². The zero-order valence-electron chi connectivity index (χ0n) is 12.0. The monoisotopic (exact) mass is 338 g/mol. The molecule has 1 atom stereocenters. The third-order valence-electron chi connectivity index (χ3n) is 3.30. The molecule has 116 valence electrons. The van der Waals surface area contributed by atoms with Crippen molar-refractivity contribution in [1.82, 2.24) is 10.3 Å². The minimum absolute atomic E-state index is 0.0412. The Morgan fingerprint density at radius 3 is 2.59 bits per heavy atom. The number of aromatic nitrogens is 1. The van der Waals surface area contributed by atoms with Crippen molar-refractivity contribution in [1.29, 1.82) is 0 Å². The quantitative estimate of drug-likeness (QED) is 0.876. The highest BCUT2D eigenvalue weighted by Gasteiger charge is 2.19. The average molecular weight is 339 g/mol. The summed E-state index contributed by atoms with van der Waals surface area (Å²) in [6, 6.07) is 9.12. The van der Waals surface area contributed by atoms with Gasteiger partial charge in [0.1, 0.15) is 0 Å². The van der Waals surface area contributed by atoms with Crippen molar-refractivity contribution in [2.75, 3.05) is 6.61 Å².